The molecule has 4 aromatic rings. The van der Waals surface area contributed by atoms with Gasteiger partial charge in [-0.3, -0.25) is 4.79 Å². The number of anilines is 1. The van der Waals surface area contributed by atoms with Crippen LogP contribution in [0.1, 0.15) is 19.4 Å². The Labute approximate surface area is 226 Å². The zero-order valence-electron chi connectivity index (χ0n) is 21.8. The fourth-order valence-corrected chi connectivity index (χ4v) is 4.61. The molecule has 1 heterocycles. The van der Waals surface area contributed by atoms with Gasteiger partial charge < -0.3 is 14.5 Å². The third-order valence-corrected chi connectivity index (χ3v) is 6.28. The summed E-state index contributed by atoms with van der Waals surface area (Å²) in [6.07, 6.45) is 0. The summed E-state index contributed by atoms with van der Waals surface area (Å²) in [6.45, 7) is 6.65. The van der Waals surface area contributed by atoms with Gasteiger partial charge in [-0.2, -0.15) is 0 Å². The predicted molar refractivity (Wildman–Crippen MR) is 160 cm³/mol. The number of nitroso groups, excluding NO2 is 1. The molecule has 0 spiro atoms. The molecule has 0 bridgehead atoms. The highest BCUT2D eigenvalue weighted by Crippen LogP contribution is 2.43. The second-order valence-corrected chi connectivity index (χ2v) is 8.49. The van der Waals surface area contributed by atoms with Gasteiger partial charge in [0.25, 0.3) is 0 Å². The number of rotatable bonds is 5. The van der Waals surface area contributed by atoms with E-state index in [1.165, 1.54) is 22.4 Å². The van der Waals surface area contributed by atoms with Crippen molar-refractivity contribution in [3.8, 4) is 22.5 Å². The Hall–Kier alpha value is -5.10. The third kappa shape index (κ3) is 5.60. The van der Waals surface area contributed by atoms with Crippen LogP contribution in [0.15, 0.2) is 118 Å². The van der Waals surface area contributed by atoms with Gasteiger partial charge in [-0.15, -0.1) is 4.91 Å². The van der Waals surface area contributed by atoms with E-state index in [1.807, 2.05) is 63.1 Å². The van der Waals surface area contributed by atoms with Gasteiger partial charge in [0, 0.05) is 46.4 Å². The number of carbonyl (C=O) groups excluding carboxylic acids is 1. The Balaban J connectivity index is 0.000000845. The first kappa shape index (κ1) is 26.9. The van der Waals surface area contributed by atoms with Crippen molar-refractivity contribution in [1.29, 1.82) is 0 Å². The number of hydrogen-bond acceptors (Lipinski definition) is 6. The first-order valence-corrected chi connectivity index (χ1v) is 12.6. The maximum atomic E-state index is 12.1. The summed E-state index contributed by atoms with van der Waals surface area (Å²) >= 11 is 0. The topological polar surface area (TPSA) is 88.7 Å². The molecular weight excluding hydrogens is 488 g/mol. The van der Waals surface area contributed by atoms with Gasteiger partial charge in [0.2, 0.25) is 0 Å². The minimum absolute atomic E-state index is 0.140. The van der Waals surface area contributed by atoms with Crippen molar-refractivity contribution in [2.24, 2.45) is 5.18 Å². The predicted octanol–water partition coefficient (Wildman–Crippen LogP) is 8.57. The lowest BCUT2D eigenvalue weighted by Gasteiger charge is -2.18. The number of fused-ring (bicyclic) bond motifs is 3. The van der Waals surface area contributed by atoms with Crippen molar-refractivity contribution in [2.75, 3.05) is 5.32 Å². The van der Waals surface area contributed by atoms with Gasteiger partial charge in [-0.05, 0) is 57.9 Å². The first-order chi connectivity index (χ1) is 19.2. The monoisotopic (exact) mass is 516 g/mol. The summed E-state index contributed by atoms with van der Waals surface area (Å²) in [6, 6.07) is 32.8. The molecule has 0 saturated heterocycles. The molecule has 6 heteroatoms. The molecule has 0 amide bonds. The van der Waals surface area contributed by atoms with E-state index in [1.54, 1.807) is 24.3 Å². The molecule has 1 N–H and O–H groups in total. The fraction of sp³-hybridized carbons (Fsp3) is 0.0909. The molecule has 2 aliphatic rings. The minimum atomic E-state index is -0.140. The summed E-state index contributed by atoms with van der Waals surface area (Å²) in [7, 11) is 0. The van der Waals surface area contributed by atoms with Crippen LogP contribution < -0.4 is 10.7 Å². The molecule has 6 nitrogen and oxygen atoms in total. The van der Waals surface area contributed by atoms with Crippen LogP contribution in [-0.4, -0.2) is 6.79 Å². The highest BCUT2D eigenvalue weighted by Gasteiger charge is 2.19. The van der Waals surface area contributed by atoms with Crippen LogP contribution in [0.3, 0.4) is 0 Å². The van der Waals surface area contributed by atoms with Gasteiger partial charge >= 0.3 is 0 Å². The zero-order chi connectivity index (χ0) is 27.8. The smallest absolute Gasteiger partial charge is 0.182 e. The van der Waals surface area contributed by atoms with E-state index in [9.17, 15) is 9.70 Å². The fourth-order valence-electron chi connectivity index (χ4n) is 4.61. The molecule has 4 aromatic carbocycles. The number of nitrogens with zero attached hydrogens (tertiary/aromatic N) is 1. The van der Waals surface area contributed by atoms with Crippen LogP contribution in [0.4, 0.5) is 11.4 Å². The van der Waals surface area contributed by atoms with Crippen molar-refractivity contribution in [1.82, 2.24) is 0 Å². The third-order valence-electron chi connectivity index (χ3n) is 6.28. The Morgan fingerprint density at radius 3 is 2.31 bits per heavy atom. The molecule has 0 atom stereocenters. The van der Waals surface area contributed by atoms with Crippen LogP contribution in [0.2, 0.25) is 0 Å². The van der Waals surface area contributed by atoms with Crippen molar-refractivity contribution >= 4 is 39.9 Å². The van der Waals surface area contributed by atoms with Gasteiger partial charge in [0.1, 0.15) is 23.8 Å². The second kappa shape index (κ2) is 12.4. The van der Waals surface area contributed by atoms with Crippen molar-refractivity contribution in [3.63, 3.8) is 0 Å². The van der Waals surface area contributed by atoms with Crippen molar-refractivity contribution < 1.29 is 9.21 Å². The van der Waals surface area contributed by atoms with E-state index in [-0.39, 0.29) is 11.1 Å². The average molecular weight is 517 g/mol. The normalized spacial score (nSPS) is 10.3. The number of carbonyl (C=O) groups is 1. The Morgan fingerprint density at radius 1 is 0.769 bits per heavy atom. The summed E-state index contributed by atoms with van der Waals surface area (Å²) in [5.74, 6) is 0.465. The molecule has 194 valence electrons. The number of hydrogen-bond donors (Lipinski definition) is 1. The molecule has 6 rings (SSSR count). The van der Waals surface area contributed by atoms with E-state index >= 15 is 0 Å². The molecule has 1 aliphatic heterocycles. The molecule has 0 aromatic heterocycles. The molecule has 0 unspecified atom stereocenters. The molecule has 0 fully saturated rings. The zero-order valence-corrected chi connectivity index (χ0v) is 21.8. The van der Waals surface area contributed by atoms with Crippen molar-refractivity contribution in [3.05, 3.63) is 124 Å². The highest BCUT2D eigenvalue weighted by molar-refractivity contribution is 6.05. The molecule has 39 heavy (non-hydrogen) atoms. The second-order valence-electron chi connectivity index (χ2n) is 8.49. The van der Waals surface area contributed by atoms with E-state index in [0.717, 1.165) is 27.8 Å². The largest absolute Gasteiger partial charge is 0.456 e. The summed E-state index contributed by atoms with van der Waals surface area (Å²) in [5.41, 5.74) is 5.49. The van der Waals surface area contributed by atoms with E-state index < -0.39 is 0 Å². The van der Waals surface area contributed by atoms with Crippen LogP contribution in [0, 0.1) is 4.91 Å². The standard InChI is InChI=1S/C30H20N2O3.C2H6.CH2O/c33-23-12-14-26-29(17-23)35-28-16-22(32-34)11-13-25(28)30(26)24-7-3-4-8-27(24)31-18-19-9-10-20-5-1-2-6-21(20)15-19;2*1-2/h1-17,31H,18H2;1-2H3;1H2. The number of para-hydroxylation sites is 1. The van der Waals surface area contributed by atoms with Crippen molar-refractivity contribution in [2.45, 2.75) is 20.4 Å². The first-order valence-electron chi connectivity index (χ1n) is 12.6. The number of benzene rings is 5. The molecule has 1 aliphatic carbocycles. The Bertz CT molecular complexity index is 1770. The van der Waals surface area contributed by atoms with Gasteiger partial charge in [-0.1, -0.05) is 68.4 Å². The SMILES string of the molecule is C=O.CC.O=Nc1ccc2c(-c3ccccc3NCc3ccc4ccccc4c3)c3ccc(=O)cc-3oc2c1. The van der Waals surface area contributed by atoms with Crippen LogP contribution in [0.25, 0.3) is 44.2 Å². The summed E-state index contributed by atoms with van der Waals surface area (Å²) < 4.78 is 6.02. The Morgan fingerprint density at radius 2 is 1.51 bits per heavy atom. The molecular formula is C33H28N2O4. The van der Waals surface area contributed by atoms with Crippen LogP contribution in [-0.2, 0) is 11.3 Å². The summed E-state index contributed by atoms with van der Waals surface area (Å²) in [5, 5.41) is 9.89. The van der Waals surface area contributed by atoms with Gasteiger partial charge in [0.05, 0.1) is 0 Å². The minimum Gasteiger partial charge on any atom is -0.456 e. The van der Waals surface area contributed by atoms with Gasteiger partial charge in [-0.25, -0.2) is 0 Å². The summed E-state index contributed by atoms with van der Waals surface area (Å²) in [4.78, 5) is 31.2. The van der Waals surface area contributed by atoms with E-state index in [0.29, 0.717) is 17.9 Å². The lowest BCUT2D eigenvalue weighted by Crippen LogP contribution is -2.03. The van der Waals surface area contributed by atoms with Crippen LogP contribution >= 0.6 is 0 Å². The lowest BCUT2D eigenvalue weighted by molar-refractivity contribution is -0.0979. The van der Waals surface area contributed by atoms with Gasteiger partial charge in [0.15, 0.2) is 5.43 Å². The maximum Gasteiger partial charge on any atom is 0.182 e. The Kier molecular flexibility index (Phi) is 8.59. The number of nitrogens with one attached hydrogen (secondary N) is 1. The highest BCUT2D eigenvalue weighted by atomic mass is 16.3. The molecule has 0 saturated carbocycles. The van der Waals surface area contributed by atoms with E-state index in [2.05, 4.69) is 40.8 Å². The maximum absolute atomic E-state index is 12.1. The van der Waals surface area contributed by atoms with E-state index in [4.69, 9.17) is 9.21 Å². The molecule has 0 radical (unpaired) electrons. The quantitative estimate of drug-likeness (QED) is 0.183. The lowest BCUT2D eigenvalue weighted by atomic mass is 9.92. The average Bonchev–Trinajstić information content (AvgIpc) is 3.00. The van der Waals surface area contributed by atoms with Crippen LogP contribution in [0.5, 0.6) is 0 Å².